The van der Waals surface area contributed by atoms with Gasteiger partial charge in [0.15, 0.2) is 17.3 Å². The average Bonchev–Trinajstić information content (AvgIpc) is 2.18. The summed E-state index contributed by atoms with van der Waals surface area (Å²) in [5.41, 5.74) is 5.24. The lowest BCUT2D eigenvalue weighted by molar-refractivity contribution is 0.0967. The predicted molar refractivity (Wildman–Crippen MR) is 64.8 cm³/mol. The average molecular weight is 239 g/mol. The van der Waals surface area contributed by atoms with Gasteiger partial charge in [-0.1, -0.05) is 0 Å². The SMILES string of the molecule is CC(N)C(=O)c1ccc(OC(C)(C)C)c(F)c1. The lowest BCUT2D eigenvalue weighted by Crippen LogP contribution is -2.27. The number of ether oxygens (including phenoxy) is 1. The molecule has 17 heavy (non-hydrogen) atoms. The Labute approximate surface area is 101 Å². The maximum atomic E-state index is 13.7. The van der Waals surface area contributed by atoms with Gasteiger partial charge < -0.3 is 10.5 Å². The molecule has 0 bridgehead atoms. The van der Waals surface area contributed by atoms with Gasteiger partial charge in [0.2, 0.25) is 0 Å². The van der Waals surface area contributed by atoms with Crippen molar-refractivity contribution in [3.05, 3.63) is 29.6 Å². The molecule has 0 aromatic heterocycles. The minimum absolute atomic E-state index is 0.138. The van der Waals surface area contributed by atoms with Gasteiger partial charge in [0.05, 0.1) is 6.04 Å². The Kier molecular flexibility index (Phi) is 3.88. The minimum atomic E-state index is -0.635. The van der Waals surface area contributed by atoms with Crippen LogP contribution in [0.4, 0.5) is 4.39 Å². The monoisotopic (exact) mass is 239 g/mol. The number of carbonyl (C=O) groups is 1. The van der Waals surface area contributed by atoms with E-state index in [1.807, 2.05) is 20.8 Å². The highest BCUT2D eigenvalue weighted by Gasteiger charge is 2.17. The van der Waals surface area contributed by atoms with E-state index in [2.05, 4.69) is 0 Å². The van der Waals surface area contributed by atoms with Crippen molar-refractivity contribution in [2.75, 3.05) is 0 Å². The summed E-state index contributed by atoms with van der Waals surface area (Å²) in [4.78, 5) is 11.6. The summed E-state index contributed by atoms with van der Waals surface area (Å²) in [5, 5.41) is 0. The molecule has 0 aliphatic rings. The van der Waals surface area contributed by atoms with Gasteiger partial charge in [-0.15, -0.1) is 0 Å². The first-order chi connectivity index (χ1) is 7.70. The van der Waals surface area contributed by atoms with Crippen LogP contribution in [-0.4, -0.2) is 17.4 Å². The Bertz CT molecular complexity index is 422. The molecule has 0 spiro atoms. The Balaban J connectivity index is 2.98. The topological polar surface area (TPSA) is 52.3 Å². The number of nitrogens with two attached hydrogens (primary N) is 1. The number of halogens is 1. The lowest BCUT2D eigenvalue weighted by Gasteiger charge is -2.21. The summed E-state index contributed by atoms with van der Waals surface area (Å²) < 4.78 is 19.1. The molecule has 0 saturated heterocycles. The number of hydrogen-bond donors (Lipinski definition) is 1. The fourth-order valence-electron chi connectivity index (χ4n) is 1.33. The predicted octanol–water partition coefficient (Wildman–Crippen LogP) is 2.53. The lowest BCUT2D eigenvalue weighted by atomic mass is 10.1. The molecule has 3 nitrogen and oxygen atoms in total. The van der Waals surface area contributed by atoms with E-state index in [0.29, 0.717) is 0 Å². The number of hydrogen-bond acceptors (Lipinski definition) is 3. The molecular formula is C13H18FNO2. The summed E-state index contributed by atoms with van der Waals surface area (Å²) in [7, 11) is 0. The molecular weight excluding hydrogens is 221 g/mol. The van der Waals surface area contributed by atoms with Crippen LogP contribution in [0, 0.1) is 5.82 Å². The number of ketones is 1. The highest BCUT2D eigenvalue weighted by molar-refractivity contribution is 5.99. The second-order valence-electron chi connectivity index (χ2n) is 5.01. The number of Topliss-reactive ketones (excluding diaryl/α,β-unsaturated/α-hetero) is 1. The van der Waals surface area contributed by atoms with Gasteiger partial charge in [0.25, 0.3) is 0 Å². The van der Waals surface area contributed by atoms with E-state index in [9.17, 15) is 9.18 Å². The molecule has 0 amide bonds. The third kappa shape index (κ3) is 3.82. The Hall–Kier alpha value is -1.42. The zero-order valence-corrected chi connectivity index (χ0v) is 10.6. The second-order valence-corrected chi connectivity index (χ2v) is 5.01. The Morgan fingerprint density at radius 3 is 2.41 bits per heavy atom. The number of rotatable bonds is 3. The minimum Gasteiger partial charge on any atom is -0.485 e. The molecule has 1 aromatic rings. The van der Waals surface area contributed by atoms with Crippen LogP contribution in [0.25, 0.3) is 0 Å². The van der Waals surface area contributed by atoms with Crippen molar-refractivity contribution in [3.8, 4) is 5.75 Å². The molecule has 1 unspecified atom stereocenters. The van der Waals surface area contributed by atoms with Gasteiger partial charge >= 0.3 is 0 Å². The second kappa shape index (κ2) is 4.84. The molecule has 1 atom stereocenters. The summed E-state index contributed by atoms with van der Waals surface area (Å²) >= 11 is 0. The van der Waals surface area contributed by atoms with Crippen LogP contribution in [-0.2, 0) is 0 Å². The van der Waals surface area contributed by atoms with Crippen molar-refractivity contribution in [1.82, 2.24) is 0 Å². The van der Waals surface area contributed by atoms with E-state index in [0.717, 1.165) is 6.07 Å². The molecule has 1 aromatic carbocycles. The van der Waals surface area contributed by atoms with Crippen molar-refractivity contribution in [2.45, 2.75) is 39.3 Å². The first-order valence-corrected chi connectivity index (χ1v) is 5.49. The van der Waals surface area contributed by atoms with Crippen molar-refractivity contribution in [1.29, 1.82) is 0 Å². The van der Waals surface area contributed by atoms with Gasteiger partial charge in [-0.2, -0.15) is 0 Å². The maximum absolute atomic E-state index is 13.7. The third-order valence-electron chi connectivity index (χ3n) is 2.05. The van der Waals surface area contributed by atoms with Crippen molar-refractivity contribution >= 4 is 5.78 Å². The standard InChI is InChI=1S/C13H18FNO2/c1-8(15)12(16)9-5-6-11(10(14)7-9)17-13(2,3)4/h5-8H,15H2,1-4H3. The third-order valence-corrected chi connectivity index (χ3v) is 2.05. The first-order valence-electron chi connectivity index (χ1n) is 5.49. The van der Waals surface area contributed by atoms with Gasteiger partial charge in [0.1, 0.15) is 5.60 Å². The molecule has 0 aliphatic heterocycles. The highest BCUT2D eigenvalue weighted by atomic mass is 19.1. The van der Waals surface area contributed by atoms with Crippen LogP contribution in [0.2, 0.25) is 0 Å². The molecule has 94 valence electrons. The number of carbonyl (C=O) groups excluding carboxylic acids is 1. The Morgan fingerprint density at radius 1 is 1.41 bits per heavy atom. The fourth-order valence-corrected chi connectivity index (χ4v) is 1.33. The van der Waals surface area contributed by atoms with Gasteiger partial charge in [-0.25, -0.2) is 4.39 Å². The molecule has 0 fully saturated rings. The van der Waals surface area contributed by atoms with E-state index in [-0.39, 0.29) is 17.1 Å². The van der Waals surface area contributed by atoms with E-state index in [4.69, 9.17) is 10.5 Å². The van der Waals surface area contributed by atoms with Gasteiger partial charge in [-0.3, -0.25) is 4.79 Å². The van der Waals surface area contributed by atoms with Crippen LogP contribution >= 0.6 is 0 Å². The van der Waals surface area contributed by atoms with Crippen LogP contribution < -0.4 is 10.5 Å². The summed E-state index contributed by atoms with van der Waals surface area (Å²) in [6, 6.07) is 3.50. The van der Waals surface area contributed by atoms with Crippen LogP contribution in [0.5, 0.6) is 5.75 Å². The van der Waals surface area contributed by atoms with E-state index in [1.54, 1.807) is 6.92 Å². The maximum Gasteiger partial charge on any atom is 0.179 e. The van der Waals surface area contributed by atoms with Crippen LogP contribution in [0.3, 0.4) is 0 Å². The molecule has 4 heteroatoms. The van der Waals surface area contributed by atoms with Gasteiger partial charge in [0, 0.05) is 5.56 Å². The summed E-state index contributed by atoms with van der Waals surface area (Å²) in [5.74, 6) is -0.698. The molecule has 2 N–H and O–H groups in total. The summed E-state index contributed by atoms with van der Waals surface area (Å²) in [6.07, 6.45) is 0. The zero-order chi connectivity index (χ0) is 13.2. The molecule has 0 radical (unpaired) electrons. The first kappa shape index (κ1) is 13.6. The quantitative estimate of drug-likeness (QED) is 0.825. The highest BCUT2D eigenvalue weighted by Crippen LogP contribution is 2.23. The molecule has 0 heterocycles. The molecule has 0 aliphatic carbocycles. The smallest absolute Gasteiger partial charge is 0.179 e. The Morgan fingerprint density at radius 2 is 2.00 bits per heavy atom. The zero-order valence-electron chi connectivity index (χ0n) is 10.6. The van der Waals surface area contributed by atoms with Crippen molar-refractivity contribution in [2.24, 2.45) is 5.73 Å². The van der Waals surface area contributed by atoms with E-state index >= 15 is 0 Å². The van der Waals surface area contributed by atoms with E-state index < -0.39 is 17.5 Å². The largest absolute Gasteiger partial charge is 0.485 e. The van der Waals surface area contributed by atoms with Crippen molar-refractivity contribution in [3.63, 3.8) is 0 Å². The van der Waals surface area contributed by atoms with E-state index in [1.165, 1.54) is 12.1 Å². The van der Waals surface area contributed by atoms with Crippen LogP contribution in [0.15, 0.2) is 18.2 Å². The normalized spacial score (nSPS) is 13.3. The van der Waals surface area contributed by atoms with Crippen molar-refractivity contribution < 1.29 is 13.9 Å². The van der Waals surface area contributed by atoms with Crippen LogP contribution in [0.1, 0.15) is 38.1 Å². The molecule has 0 saturated carbocycles. The van der Waals surface area contributed by atoms with Gasteiger partial charge in [-0.05, 0) is 45.9 Å². The number of benzene rings is 1. The summed E-state index contributed by atoms with van der Waals surface area (Å²) in [6.45, 7) is 7.05. The molecule has 1 rings (SSSR count). The fraction of sp³-hybridized carbons (Fsp3) is 0.462.